The number of alkyl halides is 1. The molecule has 0 fully saturated rings. The molecule has 1 rings (SSSR count). The van der Waals surface area contributed by atoms with Gasteiger partial charge in [-0.25, -0.2) is 13.2 Å². The Morgan fingerprint density at radius 3 is 2.38 bits per heavy atom. The molecule has 0 N–H and O–H groups in total. The van der Waals surface area contributed by atoms with E-state index in [1.807, 2.05) is 0 Å². The Morgan fingerprint density at radius 1 is 1.15 bits per heavy atom. The third kappa shape index (κ3) is 2.16. The second kappa shape index (κ2) is 4.20. The predicted octanol–water partition coefficient (Wildman–Crippen LogP) is 2.69. The lowest BCUT2D eigenvalue weighted by Gasteiger charge is -1.96. The third-order valence-electron chi connectivity index (χ3n) is 1.32. The van der Waals surface area contributed by atoms with Gasteiger partial charge >= 0.3 is 0 Å². The van der Waals surface area contributed by atoms with Crippen molar-refractivity contribution in [3.8, 4) is 11.8 Å². The maximum Gasteiger partial charge on any atom is 0.177 e. The number of hydrogen-bond donors (Lipinski definition) is 0. The van der Waals surface area contributed by atoms with E-state index in [9.17, 15) is 13.2 Å². The summed E-state index contributed by atoms with van der Waals surface area (Å²) in [5.41, 5.74) is -0.583. The summed E-state index contributed by atoms with van der Waals surface area (Å²) < 4.78 is 38.2. The third-order valence-corrected chi connectivity index (χ3v) is 1.46. The molecule has 13 heavy (non-hydrogen) atoms. The number of halogens is 4. The Morgan fingerprint density at radius 2 is 1.77 bits per heavy atom. The van der Waals surface area contributed by atoms with Crippen molar-refractivity contribution in [2.75, 3.05) is 5.88 Å². The molecule has 0 nitrogen and oxygen atoms in total. The van der Waals surface area contributed by atoms with Gasteiger partial charge in [-0.3, -0.25) is 0 Å². The molecular weight excluding hydrogens is 201 g/mol. The minimum absolute atomic E-state index is 0.0601. The van der Waals surface area contributed by atoms with Gasteiger partial charge in [0, 0.05) is 0 Å². The molecule has 0 amide bonds. The van der Waals surface area contributed by atoms with Crippen molar-refractivity contribution in [3.63, 3.8) is 0 Å². The zero-order chi connectivity index (χ0) is 9.84. The van der Waals surface area contributed by atoms with E-state index in [1.54, 1.807) is 0 Å². The van der Waals surface area contributed by atoms with Gasteiger partial charge in [0.1, 0.15) is 5.82 Å². The molecule has 0 saturated carbocycles. The van der Waals surface area contributed by atoms with Gasteiger partial charge in [0.15, 0.2) is 11.6 Å². The summed E-state index contributed by atoms with van der Waals surface area (Å²) in [6.45, 7) is 0. The Hall–Kier alpha value is -1.14. The minimum Gasteiger partial charge on any atom is -0.206 e. The molecule has 1 aromatic carbocycles. The van der Waals surface area contributed by atoms with Crippen LogP contribution < -0.4 is 0 Å². The first-order valence-corrected chi connectivity index (χ1v) is 3.88. The predicted molar refractivity (Wildman–Crippen MR) is 43.9 cm³/mol. The van der Waals surface area contributed by atoms with Crippen LogP contribution in [-0.2, 0) is 0 Å². The SMILES string of the molecule is Fc1ccc(F)c(C#CCCl)c1F. The lowest BCUT2D eigenvalue weighted by Crippen LogP contribution is -1.93. The van der Waals surface area contributed by atoms with Gasteiger partial charge in [0.25, 0.3) is 0 Å². The molecule has 0 aliphatic rings. The molecule has 0 spiro atoms. The molecule has 4 heteroatoms. The number of benzene rings is 1. The van der Waals surface area contributed by atoms with Gasteiger partial charge in [0.05, 0.1) is 11.4 Å². The van der Waals surface area contributed by atoms with E-state index in [0.717, 1.165) is 6.07 Å². The number of hydrogen-bond acceptors (Lipinski definition) is 0. The molecule has 0 saturated heterocycles. The van der Waals surface area contributed by atoms with E-state index in [2.05, 4.69) is 11.8 Å². The minimum atomic E-state index is -1.28. The first-order chi connectivity index (χ1) is 6.16. The molecule has 1 aromatic rings. The van der Waals surface area contributed by atoms with E-state index in [-0.39, 0.29) is 5.88 Å². The van der Waals surface area contributed by atoms with Crippen LogP contribution in [0.3, 0.4) is 0 Å². The van der Waals surface area contributed by atoms with Crippen LogP contribution in [0.4, 0.5) is 13.2 Å². The highest BCUT2D eigenvalue weighted by Crippen LogP contribution is 2.14. The van der Waals surface area contributed by atoms with Crippen molar-refractivity contribution in [3.05, 3.63) is 35.1 Å². The molecule has 0 atom stereocenters. The lowest BCUT2D eigenvalue weighted by atomic mass is 10.2. The standard InChI is InChI=1S/C9H4ClF3/c10-5-1-2-6-7(11)3-4-8(12)9(6)13/h3-4H,5H2. The van der Waals surface area contributed by atoms with E-state index >= 15 is 0 Å². The fraction of sp³-hybridized carbons (Fsp3) is 0.111. The van der Waals surface area contributed by atoms with E-state index in [0.29, 0.717) is 6.07 Å². The summed E-state index contributed by atoms with van der Waals surface area (Å²) in [6.07, 6.45) is 0. The maximum absolute atomic E-state index is 12.8. The summed E-state index contributed by atoms with van der Waals surface area (Å²) in [7, 11) is 0. The zero-order valence-corrected chi connectivity index (χ0v) is 7.13. The maximum atomic E-state index is 12.8. The Bertz CT molecular complexity index is 376. The molecular formula is C9H4ClF3. The quantitative estimate of drug-likeness (QED) is 0.346. The van der Waals surface area contributed by atoms with Crippen molar-refractivity contribution >= 4 is 11.6 Å². The average Bonchev–Trinajstić information content (AvgIpc) is 2.12. The Labute approximate surface area is 78.3 Å². The Kier molecular flexibility index (Phi) is 3.21. The molecule has 0 unspecified atom stereocenters. The van der Waals surface area contributed by atoms with Crippen molar-refractivity contribution in [2.45, 2.75) is 0 Å². The lowest BCUT2D eigenvalue weighted by molar-refractivity contribution is 0.491. The molecule has 0 heterocycles. The fourth-order valence-electron chi connectivity index (χ4n) is 0.763. The van der Waals surface area contributed by atoms with Crippen molar-refractivity contribution in [2.24, 2.45) is 0 Å². The topological polar surface area (TPSA) is 0 Å². The van der Waals surface area contributed by atoms with Crippen molar-refractivity contribution in [1.82, 2.24) is 0 Å². The highest BCUT2D eigenvalue weighted by Gasteiger charge is 2.10. The van der Waals surface area contributed by atoms with Crippen LogP contribution in [0.5, 0.6) is 0 Å². The van der Waals surface area contributed by atoms with Gasteiger partial charge in [-0.15, -0.1) is 11.6 Å². The van der Waals surface area contributed by atoms with Crippen LogP contribution in [-0.4, -0.2) is 5.88 Å². The monoisotopic (exact) mass is 204 g/mol. The number of rotatable bonds is 0. The van der Waals surface area contributed by atoms with Gasteiger partial charge in [-0.2, -0.15) is 0 Å². The van der Waals surface area contributed by atoms with Crippen LogP contribution in [0.15, 0.2) is 12.1 Å². The molecule has 0 bridgehead atoms. The van der Waals surface area contributed by atoms with Gasteiger partial charge in [0.2, 0.25) is 0 Å². The molecule has 0 aliphatic carbocycles. The molecule has 0 aromatic heterocycles. The van der Waals surface area contributed by atoms with Gasteiger partial charge in [-0.1, -0.05) is 11.8 Å². The largest absolute Gasteiger partial charge is 0.206 e. The Balaban J connectivity index is 3.25. The fourth-order valence-corrected chi connectivity index (χ4v) is 0.830. The van der Waals surface area contributed by atoms with Crippen LogP contribution >= 0.6 is 11.6 Å². The highest BCUT2D eigenvalue weighted by atomic mass is 35.5. The van der Waals surface area contributed by atoms with Crippen molar-refractivity contribution in [1.29, 1.82) is 0 Å². The summed E-state index contributed by atoms with van der Waals surface area (Å²) in [5.74, 6) is 0.985. The second-order valence-electron chi connectivity index (χ2n) is 2.15. The molecule has 68 valence electrons. The van der Waals surface area contributed by atoms with Crippen LogP contribution in [0.1, 0.15) is 5.56 Å². The zero-order valence-electron chi connectivity index (χ0n) is 6.37. The van der Waals surface area contributed by atoms with Crippen LogP contribution in [0.25, 0.3) is 0 Å². The van der Waals surface area contributed by atoms with Crippen LogP contribution in [0.2, 0.25) is 0 Å². The first kappa shape index (κ1) is 9.94. The van der Waals surface area contributed by atoms with Gasteiger partial charge < -0.3 is 0 Å². The normalized spacial score (nSPS) is 9.23. The molecule has 0 aliphatic heterocycles. The molecule has 0 radical (unpaired) electrons. The van der Waals surface area contributed by atoms with Crippen molar-refractivity contribution < 1.29 is 13.2 Å². The summed E-state index contributed by atoms with van der Waals surface area (Å²) in [5, 5.41) is 0. The highest BCUT2D eigenvalue weighted by molar-refractivity contribution is 6.19. The second-order valence-corrected chi connectivity index (χ2v) is 2.42. The van der Waals surface area contributed by atoms with E-state index in [4.69, 9.17) is 11.6 Å². The summed E-state index contributed by atoms with van der Waals surface area (Å²) in [6, 6.07) is 1.52. The first-order valence-electron chi connectivity index (χ1n) is 3.35. The van der Waals surface area contributed by atoms with Gasteiger partial charge in [-0.05, 0) is 12.1 Å². The summed E-state index contributed by atoms with van der Waals surface area (Å²) >= 11 is 5.18. The summed E-state index contributed by atoms with van der Waals surface area (Å²) in [4.78, 5) is 0. The average molecular weight is 205 g/mol. The van der Waals surface area contributed by atoms with E-state index in [1.165, 1.54) is 0 Å². The van der Waals surface area contributed by atoms with E-state index < -0.39 is 23.0 Å². The smallest absolute Gasteiger partial charge is 0.177 e. The van der Waals surface area contributed by atoms with Crippen LogP contribution in [0, 0.1) is 29.3 Å².